The van der Waals surface area contributed by atoms with E-state index in [1.807, 2.05) is 18.3 Å². The molecule has 3 rings (SSSR count). The Morgan fingerprint density at radius 2 is 2.07 bits per heavy atom. The Balaban J connectivity index is 1.70. The Morgan fingerprint density at radius 3 is 2.75 bits per heavy atom. The second kappa shape index (κ2) is 9.08. The van der Waals surface area contributed by atoms with Gasteiger partial charge in [-0.15, -0.1) is 0 Å². The van der Waals surface area contributed by atoms with Crippen LogP contribution in [0, 0.1) is 5.92 Å². The first-order chi connectivity index (χ1) is 13.5. The molecule has 150 valence electrons. The van der Waals surface area contributed by atoms with Crippen LogP contribution in [0.25, 0.3) is 16.5 Å². The van der Waals surface area contributed by atoms with Crippen LogP contribution in [0.1, 0.15) is 31.7 Å². The van der Waals surface area contributed by atoms with Gasteiger partial charge in [0.25, 0.3) is 0 Å². The second-order valence-electron chi connectivity index (χ2n) is 7.65. The number of pyridine rings is 1. The van der Waals surface area contributed by atoms with Crippen LogP contribution >= 0.6 is 0 Å². The molecule has 5 N–H and O–H groups in total. The number of benzene rings is 1. The summed E-state index contributed by atoms with van der Waals surface area (Å²) in [6.07, 6.45) is 7.10. The van der Waals surface area contributed by atoms with Gasteiger partial charge >= 0.3 is 0 Å². The van der Waals surface area contributed by atoms with E-state index in [0.717, 1.165) is 53.8 Å². The van der Waals surface area contributed by atoms with E-state index in [1.54, 1.807) is 13.2 Å². The summed E-state index contributed by atoms with van der Waals surface area (Å²) in [7, 11) is 1.75. The summed E-state index contributed by atoms with van der Waals surface area (Å²) < 4.78 is 0. The summed E-state index contributed by atoms with van der Waals surface area (Å²) in [4.78, 5) is 7.09. The Bertz CT molecular complexity index is 849. The Labute approximate surface area is 167 Å². The number of nitrogens with two attached hydrogens (primary N) is 2. The van der Waals surface area contributed by atoms with Gasteiger partial charge in [-0.25, -0.2) is 10.8 Å². The van der Waals surface area contributed by atoms with Crippen LogP contribution in [0.4, 0.5) is 5.82 Å². The van der Waals surface area contributed by atoms with Gasteiger partial charge in [0, 0.05) is 36.4 Å². The number of fused-ring (bicyclic) bond motifs is 1. The molecule has 2 aromatic rings. The molecule has 1 aliphatic heterocycles. The van der Waals surface area contributed by atoms with Crippen molar-refractivity contribution in [1.82, 2.24) is 14.9 Å². The van der Waals surface area contributed by atoms with Gasteiger partial charge in [-0.05, 0) is 62.0 Å². The van der Waals surface area contributed by atoms with Crippen molar-refractivity contribution < 1.29 is 0 Å². The number of nitrogens with zero attached hydrogens (tertiary/aromatic N) is 3. The fourth-order valence-corrected chi connectivity index (χ4v) is 3.77. The lowest BCUT2D eigenvalue weighted by atomic mass is 9.94. The van der Waals surface area contributed by atoms with E-state index in [2.05, 4.69) is 40.8 Å². The zero-order valence-corrected chi connectivity index (χ0v) is 17.0. The number of rotatable bonds is 7. The van der Waals surface area contributed by atoms with E-state index >= 15 is 0 Å². The highest BCUT2D eigenvalue weighted by molar-refractivity contribution is 5.87. The monoisotopic (exact) mass is 380 g/mol. The van der Waals surface area contributed by atoms with Crippen molar-refractivity contribution >= 4 is 22.3 Å². The van der Waals surface area contributed by atoms with Crippen LogP contribution in [0.3, 0.4) is 0 Å². The molecule has 0 aliphatic carbocycles. The van der Waals surface area contributed by atoms with Crippen LogP contribution in [-0.2, 0) is 0 Å². The van der Waals surface area contributed by atoms with Gasteiger partial charge in [-0.1, -0.05) is 25.6 Å². The zero-order chi connectivity index (χ0) is 20.1. The first-order valence-corrected chi connectivity index (χ1v) is 9.99. The lowest BCUT2D eigenvalue weighted by Gasteiger charge is -2.32. The standard InChI is InChI=1S/C22H32N6/c1-4-9-28-10-7-17(8-11-28)16(2)26-22-13-20-12-18(21(23)15-27(3)24)5-6-19(20)14-25-22/h5-6,12-15,17H,2,4,7-11,23-24H2,1,3H3,(H,25,26)/b21-15-. The van der Waals surface area contributed by atoms with E-state index in [0.29, 0.717) is 11.6 Å². The molecule has 0 spiro atoms. The second-order valence-corrected chi connectivity index (χ2v) is 7.65. The van der Waals surface area contributed by atoms with E-state index in [9.17, 15) is 0 Å². The average molecular weight is 381 g/mol. The van der Waals surface area contributed by atoms with E-state index in [-0.39, 0.29) is 0 Å². The van der Waals surface area contributed by atoms with Crippen molar-refractivity contribution in [3.05, 3.63) is 54.5 Å². The SMILES string of the molecule is C=C(Nc1cc2cc(/C(N)=C/N(C)N)ccc2cn1)C1CCN(CCC)CC1. The van der Waals surface area contributed by atoms with Crippen molar-refractivity contribution in [3.63, 3.8) is 0 Å². The predicted molar refractivity (Wildman–Crippen MR) is 118 cm³/mol. The summed E-state index contributed by atoms with van der Waals surface area (Å²) in [6, 6.07) is 8.12. The fraction of sp³-hybridized carbons (Fsp3) is 0.409. The van der Waals surface area contributed by atoms with Gasteiger partial charge in [0.05, 0.1) is 5.70 Å². The highest BCUT2D eigenvalue weighted by Crippen LogP contribution is 2.26. The van der Waals surface area contributed by atoms with Gasteiger partial charge < -0.3 is 21.0 Å². The van der Waals surface area contributed by atoms with E-state index in [1.165, 1.54) is 18.0 Å². The lowest BCUT2D eigenvalue weighted by Crippen LogP contribution is -2.35. The molecule has 0 radical (unpaired) electrons. The molecular formula is C22H32N6. The van der Waals surface area contributed by atoms with Crippen LogP contribution in [-0.4, -0.2) is 41.6 Å². The molecule has 1 saturated heterocycles. The Kier molecular flexibility index (Phi) is 6.54. The summed E-state index contributed by atoms with van der Waals surface area (Å²) in [5.41, 5.74) is 8.75. The minimum absolute atomic E-state index is 0.496. The smallest absolute Gasteiger partial charge is 0.130 e. The topological polar surface area (TPSA) is 83.4 Å². The molecule has 1 aromatic carbocycles. The van der Waals surface area contributed by atoms with E-state index in [4.69, 9.17) is 11.6 Å². The van der Waals surface area contributed by atoms with Gasteiger partial charge in [0.2, 0.25) is 0 Å². The minimum Gasteiger partial charge on any atom is -0.397 e. The highest BCUT2D eigenvalue weighted by atomic mass is 15.4. The number of piperidine rings is 1. The number of anilines is 1. The fourth-order valence-electron chi connectivity index (χ4n) is 3.77. The number of allylic oxidation sites excluding steroid dienone is 1. The van der Waals surface area contributed by atoms with Crippen molar-refractivity contribution in [2.45, 2.75) is 26.2 Å². The molecule has 0 atom stereocenters. The largest absolute Gasteiger partial charge is 0.397 e. The minimum atomic E-state index is 0.496. The number of aromatic nitrogens is 1. The van der Waals surface area contributed by atoms with Gasteiger partial charge in [-0.3, -0.25) is 0 Å². The molecule has 1 fully saturated rings. The third-order valence-corrected chi connectivity index (χ3v) is 5.31. The van der Waals surface area contributed by atoms with Gasteiger partial charge in [-0.2, -0.15) is 0 Å². The first-order valence-electron chi connectivity index (χ1n) is 9.99. The molecule has 6 heteroatoms. The number of likely N-dealkylation sites (tertiary alicyclic amines) is 1. The maximum Gasteiger partial charge on any atom is 0.130 e. The van der Waals surface area contributed by atoms with Crippen LogP contribution in [0.15, 0.2) is 48.9 Å². The van der Waals surface area contributed by atoms with Crippen molar-refractivity contribution in [1.29, 1.82) is 0 Å². The average Bonchev–Trinajstić information content (AvgIpc) is 2.67. The summed E-state index contributed by atoms with van der Waals surface area (Å²) in [5.74, 6) is 6.98. The highest BCUT2D eigenvalue weighted by Gasteiger charge is 2.21. The van der Waals surface area contributed by atoms with Gasteiger partial charge in [0.15, 0.2) is 0 Å². The van der Waals surface area contributed by atoms with Crippen LogP contribution < -0.4 is 16.9 Å². The van der Waals surface area contributed by atoms with Crippen molar-refractivity contribution in [3.8, 4) is 0 Å². The number of hydrogen-bond donors (Lipinski definition) is 3. The zero-order valence-electron chi connectivity index (χ0n) is 17.0. The molecule has 2 heterocycles. The maximum atomic E-state index is 6.13. The maximum absolute atomic E-state index is 6.13. The summed E-state index contributed by atoms with van der Waals surface area (Å²) in [6.45, 7) is 10.0. The Morgan fingerprint density at radius 1 is 1.32 bits per heavy atom. The molecule has 0 unspecified atom stereocenters. The quantitative estimate of drug-likeness (QED) is 0.505. The third kappa shape index (κ3) is 5.03. The molecule has 1 aliphatic rings. The number of hydrazine groups is 1. The van der Waals surface area contributed by atoms with Crippen molar-refractivity contribution in [2.75, 3.05) is 32.0 Å². The molecule has 0 saturated carbocycles. The molecular weight excluding hydrogens is 348 g/mol. The Hall–Kier alpha value is -2.57. The van der Waals surface area contributed by atoms with E-state index < -0.39 is 0 Å². The first kappa shape index (κ1) is 20.2. The molecule has 6 nitrogen and oxygen atoms in total. The number of nitrogens with one attached hydrogen (secondary N) is 1. The summed E-state index contributed by atoms with van der Waals surface area (Å²) in [5, 5.41) is 7.04. The normalized spacial score (nSPS) is 16.3. The van der Waals surface area contributed by atoms with Crippen LogP contribution in [0.5, 0.6) is 0 Å². The van der Waals surface area contributed by atoms with Crippen LogP contribution in [0.2, 0.25) is 0 Å². The molecule has 28 heavy (non-hydrogen) atoms. The summed E-state index contributed by atoms with van der Waals surface area (Å²) >= 11 is 0. The van der Waals surface area contributed by atoms with Gasteiger partial charge in [0.1, 0.15) is 5.82 Å². The van der Waals surface area contributed by atoms with Crippen molar-refractivity contribution in [2.24, 2.45) is 17.5 Å². The molecule has 0 amide bonds. The third-order valence-electron chi connectivity index (χ3n) is 5.31. The molecule has 0 bridgehead atoms. The lowest BCUT2D eigenvalue weighted by molar-refractivity contribution is 0.200. The predicted octanol–water partition coefficient (Wildman–Crippen LogP) is 3.35. The number of hydrogen-bond acceptors (Lipinski definition) is 6. The molecule has 1 aromatic heterocycles.